The molecule has 2 aliphatic rings. The number of carbonyl (C=O) groups is 3. The molecular weight excluding hydrogens is 387 g/mol. The highest BCUT2D eigenvalue weighted by Gasteiger charge is 2.69. The Morgan fingerprint density at radius 3 is 2.33 bits per heavy atom. The zero-order chi connectivity index (χ0) is 21.5. The third kappa shape index (κ3) is 2.84. The van der Waals surface area contributed by atoms with Gasteiger partial charge in [-0.1, -0.05) is 42.5 Å². The number of esters is 1. The van der Waals surface area contributed by atoms with Crippen molar-refractivity contribution in [2.24, 2.45) is 11.8 Å². The fourth-order valence-corrected chi connectivity index (χ4v) is 4.75. The highest BCUT2D eigenvalue weighted by molar-refractivity contribution is 6.09. The fraction of sp³-hybridized carbons (Fsp3) is 0.348. The van der Waals surface area contributed by atoms with Crippen LogP contribution >= 0.6 is 0 Å². The first-order chi connectivity index (χ1) is 14.5. The van der Waals surface area contributed by atoms with Crippen LogP contribution in [0.15, 0.2) is 54.6 Å². The first-order valence-electron chi connectivity index (χ1n) is 10.1. The summed E-state index contributed by atoms with van der Waals surface area (Å²) in [5, 5.41) is 3.28. The summed E-state index contributed by atoms with van der Waals surface area (Å²) in [6.45, 7) is 3.77. The van der Waals surface area contributed by atoms with Crippen LogP contribution in [0.4, 0.5) is 4.39 Å². The van der Waals surface area contributed by atoms with Crippen LogP contribution in [0.2, 0.25) is 0 Å². The molecule has 2 aliphatic heterocycles. The molecule has 0 aliphatic carbocycles. The van der Waals surface area contributed by atoms with E-state index in [1.165, 1.54) is 17.0 Å². The molecule has 2 aromatic rings. The molecule has 7 heteroatoms. The number of benzene rings is 2. The summed E-state index contributed by atoms with van der Waals surface area (Å²) >= 11 is 0. The molecule has 0 aromatic heterocycles. The van der Waals surface area contributed by atoms with E-state index in [2.05, 4.69) is 5.32 Å². The number of hydrogen-bond acceptors (Lipinski definition) is 5. The molecule has 2 aromatic carbocycles. The van der Waals surface area contributed by atoms with Gasteiger partial charge in [0.1, 0.15) is 5.82 Å². The predicted octanol–water partition coefficient (Wildman–Crippen LogP) is 2.55. The van der Waals surface area contributed by atoms with Gasteiger partial charge in [-0.25, -0.2) is 9.18 Å². The average Bonchev–Trinajstić information content (AvgIpc) is 3.24. The van der Waals surface area contributed by atoms with Gasteiger partial charge >= 0.3 is 5.97 Å². The first kappa shape index (κ1) is 20.2. The lowest BCUT2D eigenvalue weighted by Gasteiger charge is -2.33. The van der Waals surface area contributed by atoms with Gasteiger partial charge < -0.3 is 4.74 Å². The molecule has 4 unspecified atom stereocenters. The molecule has 0 spiro atoms. The second-order valence-electron chi connectivity index (χ2n) is 7.49. The van der Waals surface area contributed by atoms with Crippen molar-refractivity contribution >= 4 is 17.8 Å². The normalized spacial score (nSPS) is 28.0. The van der Waals surface area contributed by atoms with Crippen LogP contribution in [0.1, 0.15) is 31.0 Å². The summed E-state index contributed by atoms with van der Waals surface area (Å²) in [6.07, 6.45) is 0. The summed E-state index contributed by atoms with van der Waals surface area (Å²) in [4.78, 5) is 41.1. The highest BCUT2D eigenvalue weighted by Crippen LogP contribution is 2.53. The lowest BCUT2D eigenvalue weighted by Crippen LogP contribution is -2.53. The van der Waals surface area contributed by atoms with Crippen LogP contribution in [0, 0.1) is 17.7 Å². The van der Waals surface area contributed by atoms with E-state index >= 15 is 0 Å². The number of halogens is 1. The van der Waals surface area contributed by atoms with Crippen molar-refractivity contribution in [2.75, 3.05) is 13.2 Å². The summed E-state index contributed by atoms with van der Waals surface area (Å²) < 4.78 is 18.9. The second-order valence-corrected chi connectivity index (χ2v) is 7.49. The van der Waals surface area contributed by atoms with E-state index in [-0.39, 0.29) is 19.1 Å². The van der Waals surface area contributed by atoms with E-state index < -0.39 is 41.1 Å². The largest absolute Gasteiger partial charge is 0.464 e. The molecule has 30 heavy (non-hydrogen) atoms. The molecular formula is C23H23FN2O4. The maximum absolute atomic E-state index is 13.5. The number of rotatable bonds is 5. The van der Waals surface area contributed by atoms with Crippen LogP contribution in [-0.2, 0) is 24.7 Å². The molecule has 1 N–H and O–H groups in total. The van der Waals surface area contributed by atoms with E-state index in [1.54, 1.807) is 50.2 Å². The molecule has 4 rings (SSSR count). The Kier molecular flexibility index (Phi) is 5.15. The van der Waals surface area contributed by atoms with Gasteiger partial charge in [0.15, 0.2) is 5.54 Å². The molecule has 2 amide bonds. The zero-order valence-electron chi connectivity index (χ0n) is 16.8. The molecule has 0 saturated carbocycles. The minimum absolute atomic E-state index is 0.132. The maximum Gasteiger partial charge on any atom is 0.331 e. The fourth-order valence-electron chi connectivity index (χ4n) is 4.75. The lowest BCUT2D eigenvalue weighted by atomic mass is 9.75. The van der Waals surface area contributed by atoms with Crippen molar-refractivity contribution < 1.29 is 23.5 Å². The predicted molar refractivity (Wildman–Crippen MR) is 106 cm³/mol. The average molecular weight is 410 g/mol. The van der Waals surface area contributed by atoms with Crippen LogP contribution in [0.3, 0.4) is 0 Å². The van der Waals surface area contributed by atoms with E-state index in [1.807, 2.05) is 6.07 Å². The Balaban J connectivity index is 1.93. The third-order valence-electron chi connectivity index (χ3n) is 6.02. The Labute approximate surface area is 174 Å². The monoisotopic (exact) mass is 410 g/mol. The van der Waals surface area contributed by atoms with Gasteiger partial charge in [0.05, 0.1) is 18.4 Å². The molecule has 2 saturated heterocycles. The third-order valence-corrected chi connectivity index (χ3v) is 6.02. The van der Waals surface area contributed by atoms with Crippen molar-refractivity contribution in [3.8, 4) is 0 Å². The number of amides is 2. The molecule has 4 atom stereocenters. The van der Waals surface area contributed by atoms with E-state index in [9.17, 15) is 18.8 Å². The molecule has 156 valence electrons. The number of nitrogens with zero attached hydrogens (tertiary/aromatic N) is 1. The Morgan fingerprint density at radius 1 is 1.07 bits per heavy atom. The van der Waals surface area contributed by atoms with Crippen LogP contribution < -0.4 is 5.32 Å². The second kappa shape index (κ2) is 7.65. The van der Waals surface area contributed by atoms with Crippen LogP contribution in [0.25, 0.3) is 0 Å². The van der Waals surface area contributed by atoms with Gasteiger partial charge in [-0.05, 0) is 37.1 Å². The topological polar surface area (TPSA) is 75.7 Å². The number of imide groups is 1. The first-order valence-corrected chi connectivity index (χ1v) is 10.1. The summed E-state index contributed by atoms with van der Waals surface area (Å²) in [6, 6.07) is 14.0. The number of likely N-dealkylation sites (tertiary alicyclic amines) is 1. The zero-order valence-corrected chi connectivity index (χ0v) is 16.8. The number of fused-ring (bicyclic) bond motifs is 1. The van der Waals surface area contributed by atoms with Crippen molar-refractivity contribution in [3.05, 3.63) is 71.5 Å². The lowest BCUT2D eigenvalue weighted by molar-refractivity contribution is -0.157. The minimum Gasteiger partial charge on any atom is -0.464 e. The smallest absolute Gasteiger partial charge is 0.331 e. The summed E-state index contributed by atoms with van der Waals surface area (Å²) in [5.41, 5.74) is -0.327. The molecule has 0 bridgehead atoms. The van der Waals surface area contributed by atoms with Gasteiger partial charge in [0.25, 0.3) is 0 Å². The standard InChI is InChI=1S/C23H23FN2O4/c1-3-26-20(27)17-18(21(26)28)23(22(29)30-4-2,15-8-6-5-7-9-15)25-19(17)14-10-12-16(24)13-11-14/h5-13,17-19,25H,3-4H2,1-2H3. The van der Waals surface area contributed by atoms with Gasteiger partial charge in [-0.15, -0.1) is 0 Å². The van der Waals surface area contributed by atoms with Crippen LogP contribution in [0.5, 0.6) is 0 Å². The van der Waals surface area contributed by atoms with Crippen molar-refractivity contribution in [1.82, 2.24) is 10.2 Å². The van der Waals surface area contributed by atoms with Gasteiger partial charge in [-0.2, -0.15) is 0 Å². The number of ether oxygens (including phenoxy) is 1. The Morgan fingerprint density at radius 2 is 1.73 bits per heavy atom. The SMILES string of the molecule is CCOC(=O)C1(c2ccccc2)NC(c2ccc(F)cc2)C2C(=O)N(CC)C(=O)C21. The van der Waals surface area contributed by atoms with E-state index in [0.717, 1.165) is 0 Å². The summed E-state index contributed by atoms with van der Waals surface area (Å²) in [5.74, 6) is -3.50. The van der Waals surface area contributed by atoms with Crippen molar-refractivity contribution in [2.45, 2.75) is 25.4 Å². The van der Waals surface area contributed by atoms with Crippen LogP contribution in [-0.4, -0.2) is 35.8 Å². The molecule has 2 fully saturated rings. The van der Waals surface area contributed by atoms with Crippen molar-refractivity contribution in [3.63, 3.8) is 0 Å². The highest BCUT2D eigenvalue weighted by atomic mass is 19.1. The number of nitrogens with one attached hydrogen (secondary N) is 1. The quantitative estimate of drug-likeness (QED) is 0.606. The van der Waals surface area contributed by atoms with E-state index in [0.29, 0.717) is 11.1 Å². The van der Waals surface area contributed by atoms with Gasteiger partial charge in [0, 0.05) is 12.6 Å². The number of carbonyl (C=O) groups excluding carboxylic acids is 3. The maximum atomic E-state index is 13.5. The minimum atomic E-state index is -1.52. The Bertz CT molecular complexity index is 978. The van der Waals surface area contributed by atoms with Crippen molar-refractivity contribution in [1.29, 1.82) is 0 Å². The molecule has 2 heterocycles. The van der Waals surface area contributed by atoms with Gasteiger partial charge in [-0.3, -0.25) is 19.8 Å². The van der Waals surface area contributed by atoms with Gasteiger partial charge in [0.2, 0.25) is 11.8 Å². The van der Waals surface area contributed by atoms with E-state index in [4.69, 9.17) is 4.74 Å². The molecule has 0 radical (unpaired) electrons. The Hall–Kier alpha value is -3.06. The molecule has 6 nitrogen and oxygen atoms in total. The summed E-state index contributed by atoms with van der Waals surface area (Å²) in [7, 11) is 0. The number of hydrogen-bond donors (Lipinski definition) is 1.